The first-order chi connectivity index (χ1) is 7.26. The van der Waals surface area contributed by atoms with Gasteiger partial charge in [0.05, 0.1) is 6.61 Å². The van der Waals surface area contributed by atoms with E-state index < -0.39 is 0 Å². The van der Waals surface area contributed by atoms with Gasteiger partial charge in [0.2, 0.25) is 0 Å². The van der Waals surface area contributed by atoms with E-state index in [4.69, 9.17) is 10.5 Å². The highest BCUT2D eigenvalue weighted by atomic mass is 79.9. The van der Waals surface area contributed by atoms with E-state index in [1.807, 2.05) is 6.92 Å². The zero-order valence-electron chi connectivity index (χ0n) is 9.08. The Morgan fingerprint density at radius 1 is 1.33 bits per heavy atom. The van der Waals surface area contributed by atoms with E-state index in [9.17, 15) is 0 Å². The molecule has 1 unspecified atom stereocenters. The lowest BCUT2D eigenvalue weighted by atomic mass is 10.0. The molecule has 0 saturated carbocycles. The van der Waals surface area contributed by atoms with E-state index in [0.29, 0.717) is 12.5 Å². The molecule has 0 aliphatic rings. The molecule has 1 rings (SSSR count). The summed E-state index contributed by atoms with van der Waals surface area (Å²) in [4.78, 5) is 0. The maximum atomic E-state index is 5.70. The van der Waals surface area contributed by atoms with Gasteiger partial charge in [0.25, 0.3) is 0 Å². The molecule has 1 aromatic carbocycles. The predicted octanol–water partition coefficient (Wildman–Crippen LogP) is 2.60. The van der Waals surface area contributed by atoms with Gasteiger partial charge in [-0.05, 0) is 43.5 Å². The lowest BCUT2D eigenvalue weighted by molar-refractivity contribution is 0.113. The van der Waals surface area contributed by atoms with Gasteiger partial charge < -0.3 is 10.5 Å². The minimum Gasteiger partial charge on any atom is -0.381 e. The molecule has 84 valence electrons. The van der Waals surface area contributed by atoms with Crippen molar-refractivity contribution in [3.63, 3.8) is 0 Å². The normalized spacial score (nSPS) is 12.7. The largest absolute Gasteiger partial charge is 0.381 e. The molecule has 0 bridgehead atoms. The van der Waals surface area contributed by atoms with Crippen LogP contribution in [0.1, 0.15) is 12.5 Å². The molecule has 1 atom stereocenters. The van der Waals surface area contributed by atoms with Gasteiger partial charge in [-0.25, -0.2) is 0 Å². The van der Waals surface area contributed by atoms with Crippen molar-refractivity contribution in [3.05, 3.63) is 34.3 Å². The maximum Gasteiger partial charge on any atom is 0.0509 e. The molecule has 2 nitrogen and oxygen atoms in total. The third-order valence-electron chi connectivity index (χ3n) is 2.33. The van der Waals surface area contributed by atoms with Gasteiger partial charge in [0.15, 0.2) is 0 Å². The number of hydrogen-bond donors (Lipinski definition) is 1. The maximum absolute atomic E-state index is 5.70. The highest BCUT2D eigenvalue weighted by Crippen LogP contribution is 2.13. The zero-order valence-corrected chi connectivity index (χ0v) is 10.7. The third-order valence-corrected chi connectivity index (χ3v) is 2.86. The van der Waals surface area contributed by atoms with Gasteiger partial charge in [-0.2, -0.15) is 0 Å². The smallest absolute Gasteiger partial charge is 0.0509 e. The Hall–Kier alpha value is -0.380. The number of ether oxygens (including phenoxy) is 1. The fraction of sp³-hybridized carbons (Fsp3) is 0.500. The second-order valence-corrected chi connectivity index (χ2v) is 4.51. The van der Waals surface area contributed by atoms with E-state index in [2.05, 4.69) is 40.2 Å². The zero-order chi connectivity index (χ0) is 11.1. The molecule has 0 aliphatic heterocycles. The molecule has 0 aliphatic carbocycles. The van der Waals surface area contributed by atoms with Gasteiger partial charge in [0.1, 0.15) is 0 Å². The Balaban J connectivity index is 2.47. The summed E-state index contributed by atoms with van der Waals surface area (Å²) in [7, 11) is 0. The van der Waals surface area contributed by atoms with Crippen molar-refractivity contribution in [1.82, 2.24) is 0 Å². The Morgan fingerprint density at radius 3 is 2.53 bits per heavy atom. The van der Waals surface area contributed by atoms with E-state index in [1.165, 1.54) is 5.56 Å². The highest BCUT2D eigenvalue weighted by molar-refractivity contribution is 9.10. The van der Waals surface area contributed by atoms with Gasteiger partial charge in [-0.1, -0.05) is 28.1 Å². The number of halogens is 1. The van der Waals surface area contributed by atoms with Crippen molar-refractivity contribution in [2.45, 2.75) is 13.3 Å². The van der Waals surface area contributed by atoms with Crippen LogP contribution in [0.5, 0.6) is 0 Å². The molecule has 15 heavy (non-hydrogen) atoms. The minimum atomic E-state index is 0.422. The quantitative estimate of drug-likeness (QED) is 0.864. The predicted molar refractivity (Wildman–Crippen MR) is 66.9 cm³/mol. The van der Waals surface area contributed by atoms with E-state index in [-0.39, 0.29) is 0 Å². The van der Waals surface area contributed by atoms with E-state index in [1.54, 1.807) is 0 Å². The topological polar surface area (TPSA) is 35.2 Å². The summed E-state index contributed by atoms with van der Waals surface area (Å²) in [6.45, 7) is 4.20. The summed E-state index contributed by atoms with van der Waals surface area (Å²) in [5.41, 5.74) is 7.02. The van der Waals surface area contributed by atoms with Crippen molar-refractivity contribution < 1.29 is 4.74 Å². The summed E-state index contributed by atoms with van der Waals surface area (Å²) in [5.74, 6) is 0.422. The minimum absolute atomic E-state index is 0.422. The van der Waals surface area contributed by atoms with Crippen molar-refractivity contribution in [1.29, 1.82) is 0 Å². The lowest BCUT2D eigenvalue weighted by Crippen LogP contribution is -2.22. The summed E-state index contributed by atoms with van der Waals surface area (Å²) < 4.78 is 6.50. The van der Waals surface area contributed by atoms with Crippen LogP contribution in [-0.2, 0) is 11.2 Å². The number of nitrogens with two attached hydrogens (primary N) is 1. The van der Waals surface area contributed by atoms with Gasteiger partial charge in [-0.3, -0.25) is 0 Å². The first-order valence-corrected chi connectivity index (χ1v) is 6.07. The first-order valence-electron chi connectivity index (χ1n) is 5.28. The first kappa shape index (κ1) is 12.7. The molecular formula is C12H18BrNO. The SMILES string of the molecule is CCOCC(CN)Cc1ccc(Br)cc1. The van der Waals surface area contributed by atoms with Crippen LogP contribution in [0.25, 0.3) is 0 Å². The lowest BCUT2D eigenvalue weighted by Gasteiger charge is -2.14. The van der Waals surface area contributed by atoms with E-state index >= 15 is 0 Å². The highest BCUT2D eigenvalue weighted by Gasteiger charge is 2.07. The molecule has 0 radical (unpaired) electrons. The second-order valence-electron chi connectivity index (χ2n) is 3.59. The van der Waals surface area contributed by atoms with Crippen LogP contribution in [0, 0.1) is 5.92 Å². The van der Waals surface area contributed by atoms with Gasteiger partial charge >= 0.3 is 0 Å². The fourth-order valence-electron chi connectivity index (χ4n) is 1.45. The molecule has 1 aromatic rings. The average Bonchev–Trinajstić information content (AvgIpc) is 2.27. The Labute approximate surface area is 99.9 Å². The van der Waals surface area contributed by atoms with Crippen LogP contribution in [0.15, 0.2) is 28.7 Å². The van der Waals surface area contributed by atoms with Crippen LogP contribution < -0.4 is 5.73 Å². The summed E-state index contributed by atoms with van der Waals surface area (Å²) >= 11 is 3.42. The van der Waals surface area contributed by atoms with Crippen molar-refractivity contribution in [2.24, 2.45) is 11.7 Å². The summed E-state index contributed by atoms with van der Waals surface area (Å²) in [6.07, 6.45) is 0.990. The van der Waals surface area contributed by atoms with Crippen molar-refractivity contribution >= 4 is 15.9 Å². The van der Waals surface area contributed by atoms with Crippen molar-refractivity contribution in [3.8, 4) is 0 Å². The average molecular weight is 272 g/mol. The molecule has 0 amide bonds. The van der Waals surface area contributed by atoms with Crippen LogP contribution in [0.3, 0.4) is 0 Å². The molecule has 2 N–H and O–H groups in total. The molecule has 3 heteroatoms. The van der Waals surface area contributed by atoms with Gasteiger partial charge in [0, 0.05) is 11.1 Å². The molecule has 0 heterocycles. The Bertz CT molecular complexity index is 273. The summed E-state index contributed by atoms with van der Waals surface area (Å²) in [6, 6.07) is 8.37. The fourth-order valence-corrected chi connectivity index (χ4v) is 1.71. The monoisotopic (exact) mass is 271 g/mol. The second kappa shape index (κ2) is 6.99. The molecule has 0 saturated heterocycles. The van der Waals surface area contributed by atoms with Gasteiger partial charge in [-0.15, -0.1) is 0 Å². The van der Waals surface area contributed by atoms with Crippen LogP contribution in [-0.4, -0.2) is 19.8 Å². The van der Waals surface area contributed by atoms with E-state index in [0.717, 1.165) is 24.1 Å². The Morgan fingerprint density at radius 2 is 2.00 bits per heavy atom. The standard InChI is InChI=1S/C12H18BrNO/c1-2-15-9-11(8-14)7-10-3-5-12(13)6-4-10/h3-6,11H,2,7-9,14H2,1H3. The molecule has 0 fully saturated rings. The van der Waals surface area contributed by atoms with Crippen LogP contribution in [0.4, 0.5) is 0 Å². The summed E-state index contributed by atoms with van der Waals surface area (Å²) in [5, 5.41) is 0. The van der Waals surface area contributed by atoms with Crippen molar-refractivity contribution in [2.75, 3.05) is 19.8 Å². The number of hydrogen-bond acceptors (Lipinski definition) is 2. The Kier molecular flexibility index (Phi) is 5.91. The third kappa shape index (κ3) is 4.78. The molecule has 0 spiro atoms. The molecule has 0 aromatic heterocycles. The van der Waals surface area contributed by atoms with Crippen LogP contribution >= 0.6 is 15.9 Å². The van der Waals surface area contributed by atoms with Crippen LogP contribution in [0.2, 0.25) is 0 Å². The molecular weight excluding hydrogens is 254 g/mol. The number of rotatable bonds is 6. The number of benzene rings is 1.